The molecule has 2 rings (SSSR count). The van der Waals surface area contributed by atoms with E-state index in [0.29, 0.717) is 12.0 Å². The molecule has 0 radical (unpaired) electrons. The zero-order valence-corrected chi connectivity index (χ0v) is 19.1. The van der Waals surface area contributed by atoms with Crippen LogP contribution in [0.4, 0.5) is 10.1 Å². The van der Waals surface area contributed by atoms with E-state index in [9.17, 15) is 9.00 Å². The van der Waals surface area contributed by atoms with E-state index < -0.39 is 29.5 Å². The Morgan fingerprint density at radius 3 is 2.37 bits per heavy atom. The fraction of sp³-hybridized carbons (Fsp3) is 0.409. The third-order valence-corrected chi connectivity index (χ3v) is 4.97. The minimum Gasteiger partial charge on any atom is -0.487 e. The number of anilines is 1. The largest absolute Gasteiger partial charge is 0.487 e. The molecule has 0 spiro atoms. The van der Waals surface area contributed by atoms with Gasteiger partial charge in [-0.3, -0.25) is 9.10 Å². The maximum atomic E-state index is 15.2. The zero-order chi connectivity index (χ0) is 22.7. The van der Waals surface area contributed by atoms with Crippen LogP contribution in [0.5, 0.6) is 5.75 Å². The van der Waals surface area contributed by atoms with Gasteiger partial charge in [0, 0.05) is 0 Å². The van der Waals surface area contributed by atoms with E-state index >= 15 is 4.39 Å². The molecule has 0 heterocycles. The normalized spacial score (nSPS) is 11.2. The number of ether oxygens (including phenoxy) is 2. The number of nitrogens with zero attached hydrogens (tertiary/aromatic N) is 1. The van der Waals surface area contributed by atoms with Crippen LogP contribution in [-0.4, -0.2) is 23.3 Å². The lowest BCUT2D eigenvalue weighted by atomic mass is 10.0. The van der Waals surface area contributed by atoms with Gasteiger partial charge in [0.1, 0.15) is 24.6 Å². The lowest BCUT2D eigenvalue weighted by Gasteiger charge is -2.25. The van der Waals surface area contributed by atoms with Crippen LogP contribution < -0.4 is 14.2 Å². The topological polar surface area (TPSA) is 81.9 Å². The minimum atomic E-state index is -2.15. The average molecular weight is 439 g/mol. The first-order valence-corrected chi connectivity index (χ1v) is 11.1. The predicted octanol–water partition coefficient (Wildman–Crippen LogP) is 4.21. The van der Waals surface area contributed by atoms with E-state index in [1.54, 1.807) is 19.9 Å². The second-order valence-electron chi connectivity index (χ2n) is 6.07. The maximum absolute atomic E-state index is 15.2. The Morgan fingerprint density at radius 1 is 1.20 bits per heavy atom. The Bertz CT molecular complexity index is 847. The Labute approximate surface area is 180 Å². The first-order chi connectivity index (χ1) is 14.4. The fourth-order valence-corrected chi connectivity index (χ4v) is 3.35. The highest BCUT2D eigenvalue weighted by atomic mass is 32.2. The van der Waals surface area contributed by atoms with Gasteiger partial charge in [-0.15, -0.1) is 0 Å². The van der Waals surface area contributed by atoms with E-state index in [0.717, 1.165) is 15.4 Å². The summed E-state index contributed by atoms with van der Waals surface area (Å²) in [7, 11) is 0. The lowest BCUT2D eigenvalue weighted by molar-refractivity contribution is -0.141. The Balaban J connectivity index is 0.00000218. The second-order valence-corrected chi connectivity index (χ2v) is 7.06. The van der Waals surface area contributed by atoms with Gasteiger partial charge in [0.25, 0.3) is 0 Å². The summed E-state index contributed by atoms with van der Waals surface area (Å²) in [5, 5.41) is 5.55. The Morgan fingerprint density at radius 2 is 1.83 bits per heavy atom. The predicted molar refractivity (Wildman–Crippen MR) is 119 cm³/mol. The highest BCUT2D eigenvalue weighted by molar-refractivity contribution is 7.84. The minimum absolute atomic E-state index is 0.112. The van der Waals surface area contributed by atoms with Crippen molar-refractivity contribution in [2.45, 2.75) is 47.6 Å². The van der Waals surface area contributed by atoms with Crippen molar-refractivity contribution in [2.24, 2.45) is 5.14 Å². The van der Waals surface area contributed by atoms with Crippen LogP contribution in [0.25, 0.3) is 0 Å². The highest BCUT2D eigenvalue weighted by Gasteiger charge is 2.26. The van der Waals surface area contributed by atoms with Gasteiger partial charge in [0.15, 0.2) is 17.0 Å². The number of aryl methyl sites for hydroxylation is 1. The Kier molecular flexibility index (Phi) is 11.1. The van der Waals surface area contributed by atoms with Gasteiger partial charge in [-0.25, -0.2) is 13.7 Å². The molecule has 0 aromatic heterocycles. The molecule has 0 saturated carbocycles. The number of carbonyl (C=O) groups excluding carboxylic acids is 1. The van der Waals surface area contributed by atoms with E-state index in [2.05, 4.69) is 0 Å². The van der Waals surface area contributed by atoms with E-state index in [4.69, 9.17) is 14.6 Å². The molecule has 0 amide bonds. The summed E-state index contributed by atoms with van der Waals surface area (Å²) in [5.74, 6) is -1.11. The molecule has 2 aromatic carbocycles. The monoisotopic (exact) mass is 438 g/mol. The summed E-state index contributed by atoms with van der Waals surface area (Å²) in [6, 6.07) is 11.1. The van der Waals surface area contributed by atoms with E-state index in [1.165, 1.54) is 0 Å². The smallest absolute Gasteiger partial charge is 0.326 e. The van der Waals surface area contributed by atoms with E-state index in [-0.39, 0.29) is 24.7 Å². The number of rotatable bonds is 9. The maximum Gasteiger partial charge on any atom is 0.326 e. The number of carbonyl (C=O) groups is 1. The summed E-state index contributed by atoms with van der Waals surface area (Å²) in [6.45, 7) is 9.05. The van der Waals surface area contributed by atoms with Crippen molar-refractivity contribution in [3.05, 3.63) is 58.9 Å². The molecule has 0 aliphatic heterocycles. The van der Waals surface area contributed by atoms with Crippen molar-refractivity contribution in [1.29, 1.82) is 0 Å². The Hall–Kier alpha value is -2.45. The quantitative estimate of drug-likeness (QED) is 0.595. The van der Waals surface area contributed by atoms with Crippen LogP contribution in [0.3, 0.4) is 0 Å². The molecule has 30 heavy (non-hydrogen) atoms. The van der Waals surface area contributed by atoms with Crippen LogP contribution >= 0.6 is 0 Å². The van der Waals surface area contributed by atoms with E-state index in [1.807, 2.05) is 51.1 Å². The van der Waals surface area contributed by atoms with Gasteiger partial charge in [-0.2, -0.15) is 0 Å². The van der Waals surface area contributed by atoms with Crippen molar-refractivity contribution < 1.29 is 22.9 Å². The van der Waals surface area contributed by atoms with Crippen LogP contribution in [-0.2, 0) is 33.7 Å². The molecule has 8 heteroatoms. The van der Waals surface area contributed by atoms with Gasteiger partial charge < -0.3 is 9.47 Å². The molecular formula is C22H31FN2O4S. The molecule has 0 saturated heterocycles. The SMILES string of the molecule is CC.CCOC(=O)CN(c1c(OCc2ccccc2)cc(CC)c(C)c1F)S(N)=O. The van der Waals surface area contributed by atoms with Crippen LogP contribution in [0.2, 0.25) is 0 Å². The third-order valence-electron chi connectivity index (χ3n) is 4.22. The molecule has 0 bridgehead atoms. The summed E-state index contributed by atoms with van der Waals surface area (Å²) < 4.78 is 39.0. The highest BCUT2D eigenvalue weighted by Crippen LogP contribution is 2.36. The number of hydrogen-bond donors (Lipinski definition) is 1. The summed E-state index contributed by atoms with van der Waals surface area (Å²) in [4.78, 5) is 11.9. The van der Waals surface area contributed by atoms with Crippen molar-refractivity contribution in [1.82, 2.24) is 0 Å². The number of benzene rings is 2. The second kappa shape index (κ2) is 13.0. The number of nitrogens with two attached hydrogens (primary N) is 1. The fourth-order valence-electron chi connectivity index (χ4n) is 2.76. The summed E-state index contributed by atoms with van der Waals surface area (Å²) in [5.41, 5.74) is 1.92. The third kappa shape index (κ3) is 6.81. The number of halogens is 1. The molecule has 0 fully saturated rings. The van der Waals surface area contributed by atoms with Gasteiger partial charge >= 0.3 is 5.97 Å². The first kappa shape index (κ1) is 25.6. The summed E-state index contributed by atoms with van der Waals surface area (Å²) >= 11 is -2.15. The molecule has 0 aliphatic rings. The average Bonchev–Trinajstić information content (AvgIpc) is 2.75. The van der Waals surface area contributed by atoms with Gasteiger partial charge in [-0.1, -0.05) is 51.1 Å². The molecular weight excluding hydrogens is 407 g/mol. The molecule has 166 valence electrons. The molecule has 1 unspecified atom stereocenters. The zero-order valence-electron chi connectivity index (χ0n) is 18.2. The molecule has 6 nitrogen and oxygen atoms in total. The molecule has 0 aliphatic carbocycles. The van der Waals surface area contributed by atoms with Crippen LogP contribution in [0.1, 0.15) is 44.4 Å². The number of hydrogen-bond acceptors (Lipinski definition) is 4. The molecule has 2 aromatic rings. The first-order valence-electron chi connectivity index (χ1n) is 9.97. The van der Waals surface area contributed by atoms with Crippen LogP contribution in [0.15, 0.2) is 36.4 Å². The van der Waals surface area contributed by atoms with Gasteiger partial charge in [0.2, 0.25) is 0 Å². The number of esters is 1. The van der Waals surface area contributed by atoms with Gasteiger partial charge in [0.05, 0.1) is 6.61 Å². The van der Waals surface area contributed by atoms with Crippen molar-refractivity contribution in [3.63, 3.8) is 0 Å². The van der Waals surface area contributed by atoms with Crippen LogP contribution in [0, 0.1) is 12.7 Å². The molecule has 1 atom stereocenters. The summed E-state index contributed by atoms with van der Waals surface area (Å²) in [6.07, 6.45) is 0.592. The lowest BCUT2D eigenvalue weighted by Crippen LogP contribution is -2.37. The van der Waals surface area contributed by atoms with Crippen molar-refractivity contribution >= 4 is 22.8 Å². The van der Waals surface area contributed by atoms with Gasteiger partial charge in [-0.05, 0) is 43.0 Å². The van der Waals surface area contributed by atoms with Crippen molar-refractivity contribution in [2.75, 3.05) is 17.5 Å². The van der Waals surface area contributed by atoms with Crippen molar-refractivity contribution in [3.8, 4) is 5.75 Å². The standard InChI is InChI=1S/C20H25FN2O4S.C2H6/c1-4-16-11-17(27-13-15-9-7-6-8-10-15)20(19(21)14(16)3)23(28(22)25)12-18(24)26-5-2;1-2/h6-11H,4-5,12-13,22H2,1-3H3;1-2H3. The molecule has 2 N–H and O–H groups in total.